The Hall–Kier alpha value is -1.07. The normalized spacial score (nSPS) is 22.4. The number of nitrogens with two attached hydrogens (primary N) is 1. The van der Waals surface area contributed by atoms with E-state index >= 15 is 0 Å². The molecule has 0 saturated carbocycles. The number of halogens is 1. The van der Waals surface area contributed by atoms with Gasteiger partial charge in [0.1, 0.15) is 0 Å². The Labute approximate surface area is 121 Å². The van der Waals surface area contributed by atoms with Crippen molar-refractivity contribution in [3.05, 3.63) is 28.2 Å². The molecule has 1 aromatic carbocycles. The number of amides is 1. The molecule has 1 saturated heterocycles. The van der Waals surface area contributed by atoms with Crippen molar-refractivity contribution in [3.8, 4) is 0 Å². The molecular formula is C14H19BrN2O2. The largest absolute Gasteiger partial charge is 0.398 e. The topological polar surface area (TPSA) is 64.3 Å². The van der Waals surface area contributed by atoms with Gasteiger partial charge in [-0.05, 0) is 47.0 Å². The summed E-state index contributed by atoms with van der Waals surface area (Å²) in [6, 6.07) is 5.23. The summed E-state index contributed by atoms with van der Waals surface area (Å²) in [5.41, 5.74) is 6.94. The molecule has 1 fully saturated rings. The lowest BCUT2D eigenvalue weighted by atomic mass is 9.99. The Morgan fingerprint density at radius 2 is 2.37 bits per heavy atom. The molecule has 0 aliphatic carbocycles. The van der Waals surface area contributed by atoms with E-state index in [1.807, 2.05) is 0 Å². The lowest BCUT2D eigenvalue weighted by Crippen LogP contribution is -2.32. The van der Waals surface area contributed by atoms with Crippen molar-refractivity contribution in [1.82, 2.24) is 5.32 Å². The van der Waals surface area contributed by atoms with Crippen LogP contribution >= 0.6 is 15.9 Å². The van der Waals surface area contributed by atoms with Crippen LogP contribution in [0.1, 0.15) is 30.1 Å². The third kappa shape index (κ3) is 3.48. The van der Waals surface area contributed by atoms with Gasteiger partial charge in [0.15, 0.2) is 0 Å². The number of nitrogen functional groups attached to an aromatic ring is 1. The minimum absolute atomic E-state index is 0.0825. The number of ether oxygens (including phenoxy) is 1. The minimum Gasteiger partial charge on any atom is -0.398 e. The molecule has 0 radical (unpaired) electrons. The van der Waals surface area contributed by atoms with Gasteiger partial charge >= 0.3 is 0 Å². The summed E-state index contributed by atoms with van der Waals surface area (Å²) in [5.74, 6) is 0.336. The molecule has 2 unspecified atom stereocenters. The summed E-state index contributed by atoms with van der Waals surface area (Å²) in [7, 11) is 0. The fourth-order valence-corrected chi connectivity index (χ4v) is 2.63. The summed E-state index contributed by atoms with van der Waals surface area (Å²) in [5, 5.41) is 2.96. The highest BCUT2D eigenvalue weighted by Gasteiger charge is 2.26. The van der Waals surface area contributed by atoms with Crippen molar-refractivity contribution in [1.29, 1.82) is 0 Å². The molecule has 5 heteroatoms. The van der Waals surface area contributed by atoms with E-state index < -0.39 is 0 Å². The van der Waals surface area contributed by atoms with Crippen LogP contribution in [-0.2, 0) is 4.74 Å². The van der Waals surface area contributed by atoms with Crippen LogP contribution in [0.15, 0.2) is 22.7 Å². The zero-order valence-corrected chi connectivity index (χ0v) is 12.6. The molecule has 3 N–H and O–H groups in total. The van der Waals surface area contributed by atoms with Gasteiger partial charge in [-0.3, -0.25) is 4.79 Å². The number of benzene rings is 1. The zero-order chi connectivity index (χ0) is 13.8. The summed E-state index contributed by atoms with van der Waals surface area (Å²) in [6.07, 6.45) is 2.28. The van der Waals surface area contributed by atoms with Gasteiger partial charge in [0.2, 0.25) is 0 Å². The fraction of sp³-hybridized carbons (Fsp3) is 0.500. The Bertz CT molecular complexity index is 465. The predicted octanol–water partition coefficient (Wildman–Crippen LogP) is 2.58. The van der Waals surface area contributed by atoms with Crippen LogP contribution in [0.3, 0.4) is 0 Å². The number of rotatable bonds is 4. The second-order valence-corrected chi connectivity index (χ2v) is 5.67. The van der Waals surface area contributed by atoms with E-state index in [1.165, 1.54) is 0 Å². The number of hydrogen-bond donors (Lipinski definition) is 2. The van der Waals surface area contributed by atoms with Gasteiger partial charge in [0.05, 0.1) is 6.10 Å². The molecule has 0 bridgehead atoms. The summed E-state index contributed by atoms with van der Waals surface area (Å²) in [6.45, 7) is 3.57. The smallest absolute Gasteiger partial charge is 0.251 e. The fourth-order valence-electron chi connectivity index (χ4n) is 2.39. The van der Waals surface area contributed by atoms with E-state index in [0.29, 0.717) is 23.7 Å². The maximum absolute atomic E-state index is 12.0. The molecule has 1 heterocycles. The molecule has 1 aromatic rings. The lowest BCUT2D eigenvalue weighted by molar-refractivity contribution is 0.0827. The Morgan fingerprint density at radius 1 is 1.58 bits per heavy atom. The van der Waals surface area contributed by atoms with Crippen LogP contribution in [0.2, 0.25) is 0 Å². The Morgan fingerprint density at radius 3 is 3.05 bits per heavy atom. The predicted molar refractivity (Wildman–Crippen MR) is 79.0 cm³/mol. The maximum atomic E-state index is 12.0. The van der Waals surface area contributed by atoms with Crippen molar-refractivity contribution in [2.75, 3.05) is 18.9 Å². The van der Waals surface area contributed by atoms with Gasteiger partial charge in [0, 0.05) is 34.8 Å². The highest BCUT2D eigenvalue weighted by atomic mass is 79.9. The van der Waals surface area contributed by atoms with E-state index in [-0.39, 0.29) is 12.0 Å². The first-order valence-electron chi connectivity index (χ1n) is 6.56. The first-order valence-corrected chi connectivity index (χ1v) is 7.36. The third-order valence-corrected chi connectivity index (χ3v) is 4.25. The first kappa shape index (κ1) is 14.3. The van der Waals surface area contributed by atoms with E-state index in [1.54, 1.807) is 18.2 Å². The zero-order valence-electron chi connectivity index (χ0n) is 11.0. The van der Waals surface area contributed by atoms with Crippen molar-refractivity contribution in [2.24, 2.45) is 5.92 Å². The molecule has 4 nitrogen and oxygen atoms in total. The van der Waals surface area contributed by atoms with Gasteiger partial charge in [-0.1, -0.05) is 6.92 Å². The van der Waals surface area contributed by atoms with E-state index in [9.17, 15) is 4.79 Å². The van der Waals surface area contributed by atoms with E-state index in [2.05, 4.69) is 28.2 Å². The summed E-state index contributed by atoms with van der Waals surface area (Å²) in [4.78, 5) is 12.0. The maximum Gasteiger partial charge on any atom is 0.251 e. The van der Waals surface area contributed by atoms with Crippen LogP contribution in [-0.4, -0.2) is 25.2 Å². The molecule has 0 spiro atoms. The van der Waals surface area contributed by atoms with E-state index in [0.717, 1.165) is 23.9 Å². The molecular weight excluding hydrogens is 308 g/mol. The monoisotopic (exact) mass is 326 g/mol. The van der Waals surface area contributed by atoms with E-state index in [4.69, 9.17) is 10.5 Å². The van der Waals surface area contributed by atoms with Gasteiger partial charge in [-0.25, -0.2) is 0 Å². The second kappa shape index (κ2) is 6.39. The number of carbonyl (C=O) groups is 1. The van der Waals surface area contributed by atoms with Gasteiger partial charge in [-0.2, -0.15) is 0 Å². The van der Waals surface area contributed by atoms with Crippen LogP contribution < -0.4 is 11.1 Å². The number of anilines is 1. The third-order valence-electron chi connectivity index (χ3n) is 3.53. The SMILES string of the molecule is CCC1OCCC1CNC(=O)c1ccc(Br)c(N)c1. The van der Waals surface area contributed by atoms with Crippen molar-refractivity contribution in [2.45, 2.75) is 25.9 Å². The van der Waals surface area contributed by atoms with Crippen LogP contribution in [0.4, 0.5) is 5.69 Å². The molecule has 19 heavy (non-hydrogen) atoms. The first-order chi connectivity index (χ1) is 9.11. The molecule has 1 aliphatic heterocycles. The number of carbonyl (C=O) groups excluding carboxylic acids is 1. The van der Waals surface area contributed by atoms with Gasteiger partial charge in [0.25, 0.3) is 5.91 Å². The number of hydrogen-bond acceptors (Lipinski definition) is 3. The minimum atomic E-state index is -0.0825. The average Bonchev–Trinajstić information content (AvgIpc) is 2.86. The van der Waals surface area contributed by atoms with Crippen LogP contribution in [0, 0.1) is 5.92 Å². The standard InChI is InChI=1S/C14H19BrN2O2/c1-2-13-10(5-6-19-13)8-17-14(18)9-3-4-11(15)12(16)7-9/h3-4,7,10,13H,2,5-6,8,16H2,1H3,(H,17,18). The van der Waals surface area contributed by atoms with Crippen LogP contribution in [0.25, 0.3) is 0 Å². The quantitative estimate of drug-likeness (QED) is 0.836. The second-order valence-electron chi connectivity index (χ2n) is 4.81. The molecule has 1 aliphatic rings. The Balaban J connectivity index is 1.92. The van der Waals surface area contributed by atoms with Crippen LogP contribution in [0.5, 0.6) is 0 Å². The van der Waals surface area contributed by atoms with Gasteiger partial charge < -0.3 is 15.8 Å². The molecule has 1 amide bonds. The average molecular weight is 327 g/mol. The van der Waals surface area contributed by atoms with Gasteiger partial charge in [-0.15, -0.1) is 0 Å². The number of nitrogens with one attached hydrogen (secondary N) is 1. The molecule has 104 valence electrons. The summed E-state index contributed by atoms with van der Waals surface area (Å²) >= 11 is 3.32. The Kier molecular flexibility index (Phi) is 4.82. The van der Waals surface area contributed by atoms with Crippen molar-refractivity contribution in [3.63, 3.8) is 0 Å². The molecule has 0 aromatic heterocycles. The van der Waals surface area contributed by atoms with Crippen molar-refractivity contribution < 1.29 is 9.53 Å². The summed E-state index contributed by atoms with van der Waals surface area (Å²) < 4.78 is 6.41. The molecule has 2 rings (SSSR count). The highest BCUT2D eigenvalue weighted by molar-refractivity contribution is 9.10. The molecule has 2 atom stereocenters. The van der Waals surface area contributed by atoms with Crippen molar-refractivity contribution >= 4 is 27.5 Å². The lowest BCUT2D eigenvalue weighted by Gasteiger charge is -2.17. The highest BCUT2D eigenvalue weighted by Crippen LogP contribution is 2.23.